The Morgan fingerprint density at radius 2 is 1.88 bits per heavy atom. The van der Waals surface area contributed by atoms with Crippen LogP contribution in [0.3, 0.4) is 0 Å². The Bertz CT molecular complexity index is 887. The third kappa shape index (κ3) is 3.55. The van der Waals surface area contributed by atoms with E-state index in [1.54, 1.807) is 11.4 Å². The van der Waals surface area contributed by atoms with Gasteiger partial charge in [0.2, 0.25) is 0 Å². The average Bonchev–Trinajstić information content (AvgIpc) is 3.07. The van der Waals surface area contributed by atoms with Crippen molar-refractivity contribution in [2.45, 2.75) is 0 Å². The van der Waals surface area contributed by atoms with Gasteiger partial charge in [-0.15, -0.1) is 11.3 Å². The quantitative estimate of drug-likeness (QED) is 0.719. The van der Waals surface area contributed by atoms with E-state index in [9.17, 15) is 9.59 Å². The molecule has 122 valence electrons. The van der Waals surface area contributed by atoms with Gasteiger partial charge in [-0.2, -0.15) is 0 Å². The van der Waals surface area contributed by atoms with E-state index in [2.05, 4.69) is 10.1 Å². The number of anilines is 1. The first-order valence-electron chi connectivity index (χ1n) is 7.24. The van der Waals surface area contributed by atoms with Crippen molar-refractivity contribution >= 4 is 39.7 Å². The van der Waals surface area contributed by atoms with Crippen LogP contribution >= 0.6 is 11.3 Å². The van der Waals surface area contributed by atoms with Gasteiger partial charge < -0.3 is 14.8 Å². The normalized spacial score (nSPS) is 10.4. The molecule has 1 heterocycles. The zero-order valence-electron chi connectivity index (χ0n) is 12.9. The zero-order chi connectivity index (χ0) is 16.9. The van der Waals surface area contributed by atoms with Crippen LogP contribution in [0, 0.1) is 0 Å². The molecule has 0 spiro atoms. The predicted octanol–water partition coefficient (Wildman–Crippen LogP) is 3.71. The third-order valence-corrected chi connectivity index (χ3v) is 4.30. The lowest BCUT2D eigenvalue weighted by atomic mass is 10.1. The topological polar surface area (TPSA) is 64.6 Å². The van der Waals surface area contributed by atoms with E-state index in [0.717, 1.165) is 10.8 Å². The fourth-order valence-electron chi connectivity index (χ4n) is 2.25. The molecule has 1 amide bonds. The molecule has 24 heavy (non-hydrogen) atoms. The first kappa shape index (κ1) is 16.0. The molecule has 0 radical (unpaired) electrons. The van der Waals surface area contributed by atoms with Gasteiger partial charge in [0.15, 0.2) is 6.61 Å². The minimum Gasteiger partial charge on any atom is -0.484 e. The maximum atomic E-state index is 12.0. The van der Waals surface area contributed by atoms with Gasteiger partial charge >= 0.3 is 5.97 Å². The number of rotatable bonds is 5. The summed E-state index contributed by atoms with van der Waals surface area (Å²) < 4.78 is 10.2. The van der Waals surface area contributed by atoms with E-state index in [-0.39, 0.29) is 12.5 Å². The zero-order valence-corrected chi connectivity index (χ0v) is 13.8. The van der Waals surface area contributed by atoms with E-state index in [1.165, 1.54) is 18.4 Å². The van der Waals surface area contributed by atoms with Crippen LogP contribution in [0.25, 0.3) is 10.8 Å². The summed E-state index contributed by atoms with van der Waals surface area (Å²) in [5.41, 5.74) is 0.430. The fourth-order valence-corrected chi connectivity index (χ4v) is 3.02. The lowest BCUT2D eigenvalue weighted by molar-refractivity contribution is -0.118. The highest BCUT2D eigenvalue weighted by Crippen LogP contribution is 2.23. The van der Waals surface area contributed by atoms with Crippen molar-refractivity contribution in [3.8, 4) is 5.75 Å². The Hall–Kier alpha value is -2.86. The van der Waals surface area contributed by atoms with Crippen molar-refractivity contribution in [2.75, 3.05) is 19.0 Å². The standard InChI is InChI=1S/C18H15NO4S/c1-22-18(21)17-15(8-9-24-17)19-16(20)11-23-14-7-6-12-4-2-3-5-13(12)10-14/h2-10H,11H2,1H3,(H,19,20). The monoisotopic (exact) mass is 341 g/mol. The van der Waals surface area contributed by atoms with Crippen molar-refractivity contribution in [3.05, 3.63) is 58.8 Å². The van der Waals surface area contributed by atoms with Gasteiger partial charge in [0.1, 0.15) is 10.6 Å². The number of carbonyl (C=O) groups excluding carboxylic acids is 2. The van der Waals surface area contributed by atoms with Crippen LogP contribution in [-0.2, 0) is 9.53 Å². The van der Waals surface area contributed by atoms with E-state index < -0.39 is 5.97 Å². The van der Waals surface area contributed by atoms with Crippen molar-refractivity contribution < 1.29 is 19.1 Å². The van der Waals surface area contributed by atoms with Gasteiger partial charge in [-0.25, -0.2) is 4.79 Å². The number of ether oxygens (including phenoxy) is 2. The molecule has 0 saturated carbocycles. The molecule has 0 atom stereocenters. The molecule has 3 aromatic rings. The van der Waals surface area contributed by atoms with Crippen LogP contribution in [0.2, 0.25) is 0 Å². The molecule has 0 saturated heterocycles. The highest BCUT2D eigenvalue weighted by Gasteiger charge is 2.15. The number of fused-ring (bicyclic) bond motifs is 1. The summed E-state index contributed by atoms with van der Waals surface area (Å²) in [6.45, 7) is -0.144. The third-order valence-electron chi connectivity index (χ3n) is 3.40. The SMILES string of the molecule is COC(=O)c1sccc1NC(=O)COc1ccc2ccccc2c1. The van der Waals surface area contributed by atoms with Gasteiger partial charge in [0.05, 0.1) is 12.8 Å². The number of benzene rings is 2. The summed E-state index contributed by atoms with van der Waals surface area (Å²) in [6.07, 6.45) is 0. The number of hydrogen-bond donors (Lipinski definition) is 1. The Balaban J connectivity index is 1.63. The maximum Gasteiger partial charge on any atom is 0.350 e. The lowest BCUT2D eigenvalue weighted by Gasteiger charge is -2.08. The van der Waals surface area contributed by atoms with E-state index >= 15 is 0 Å². The van der Waals surface area contributed by atoms with Gasteiger partial charge in [-0.1, -0.05) is 30.3 Å². The summed E-state index contributed by atoms with van der Waals surface area (Å²) in [5, 5.41) is 6.52. The highest BCUT2D eigenvalue weighted by molar-refractivity contribution is 7.12. The fraction of sp³-hybridized carbons (Fsp3) is 0.111. The minimum absolute atomic E-state index is 0.144. The van der Waals surface area contributed by atoms with Gasteiger partial charge in [0, 0.05) is 0 Å². The molecule has 0 aliphatic rings. The summed E-state index contributed by atoms with van der Waals surface area (Å²) in [7, 11) is 1.30. The number of esters is 1. The van der Waals surface area contributed by atoms with Crippen molar-refractivity contribution in [1.82, 2.24) is 0 Å². The predicted molar refractivity (Wildman–Crippen MR) is 93.7 cm³/mol. The van der Waals surface area contributed by atoms with E-state index in [1.807, 2.05) is 42.5 Å². The number of methoxy groups -OCH3 is 1. The maximum absolute atomic E-state index is 12.0. The van der Waals surface area contributed by atoms with Crippen LogP contribution < -0.4 is 10.1 Å². The Morgan fingerprint density at radius 3 is 2.67 bits per heavy atom. The van der Waals surface area contributed by atoms with Crippen LogP contribution in [0.5, 0.6) is 5.75 Å². The van der Waals surface area contributed by atoms with Crippen molar-refractivity contribution in [1.29, 1.82) is 0 Å². The van der Waals surface area contributed by atoms with Gasteiger partial charge in [-0.3, -0.25) is 4.79 Å². The lowest BCUT2D eigenvalue weighted by Crippen LogP contribution is -2.21. The molecule has 0 bridgehead atoms. The molecule has 1 aromatic heterocycles. The van der Waals surface area contributed by atoms with Crippen molar-refractivity contribution in [3.63, 3.8) is 0 Å². The first-order chi connectivity index (χ1) is 11.7. The minimum atomic E-state index is -0.476. The van der Waals surface area contributed by atoms with Gasteiger partial charge in [0.25, 0.3) is 5.91 Å². The first-order valence-corrected chi connectivity index (χ1v) is 8.12. The Morgan fingerprint density at radius 1 is 1.08 bits per heavy atom. The molecule has 2 aromatic carbocycles. The largest absolute Gasteiger partial charge is 0.484 e. The van der Waals surface area contributed by atoms with Crippen molar-refractivity contribution in [2.24, 2.45) is 0 Å². The average molecular weight is 341 g/mol. The second-order valence-electron chi connectivity index (χ2n) is 5.00. The molecular formula is C18H15NO4S. The number of hydrogen-bond acceptors (Lipinski definition) is 5. The number of carbonyl (C=O) groups is 2. The van der Waals surface area contributed by atoms with Crippen LogP contribution in [0.1, 0.15) is 9.67 Å². The summed E-state index contributed by atoms with van der Waals surface area (Å²) in [5.74, 6) is -0.204. The summed E-state index contributed by atoms with van der Waals surface area (Å²) in [6, 6.07) is 15.2. The second-order valence-corrected chi connectivity index (χ2v) is 5.92. The number of nitrogens with one attached hydrogen (secondary N) is 1. The van der Waals surface area contributed by atoms with Crippen LogP contribution in [0.4, 0.5) is 5.69 Å². The molecule has 3 rings (SSSR count). The molecule has 0 aliphatic carbocycles. The summed E-state index contributed by atoms with van der Waals surface area (Å²) in [4.78, 5) is 24.0. The van der Waals surface area contributed by atoms with E-state index in [0.29, 0.717) is 16.3 Å². The Labute approximate surface area is 142 Å². The molecular weight excluding hydrogens is 326 g/mol. The molecule has 0 aliphatic heterocycles. The summed E-state index contributed by atoms with van der Waals surface area (Å²) >= 11 is 1.21. The molecule has 5 nitrogen and oxygen atoms in total. The highest BCUT2D eigenvalue weighted by atomic mass is 32.1. The molecule has 0 fully saturated rings. The molecule has 6 heteroatoms. The molecule has 1 N–H and O–H groups in total. The van der Waals surface area contributed by atoms with Crippen LogP contribution in [-0.4, -0.2) is 25.6 Å². The molecule has 0 unspecified atom stereocenters. The van der Waals surface area contributed by atoms with E-state index in [4.69, 9.17) is 4.74 Å². The van der Waals surface area contributed by atoms with Gasteiger partial charge in [-0.05, 0) is 34.4 Å². The smallest absolute Gasteiger partial charge is 0.350 e. The Kier molecular flexibility index (Phi) is 4.77. The number of thiophene rings is 1. The van der Waals surface area contributed by atoms with Crippen LogP contribution in [0.15, 0.2) is 53.9 Å². The number of amides is 1. The second kappa shape index (κ2) is 7.14.